The Morgan fingerprint density at radius 1 is 1.56 bits per heavy atom. The lowest BCUT2D eigenvalue weighted by molar-refractivity contribution is 0.179. The lowest BCUT2D eigenvalue weighted by Crippen LogP contribution is -2.09. The van der Waals surface area contributed by atoms with Crippen LogP contribution in [0.3, 0.4) is 0 Å². The van der Waals surface area contributed by atoms with Crippen LogP contribution in [-0.4, -0.2) is 16.9 Å². The standard InChI is InChI=1S/C11H16Cl2N2O/c1-7(8-3-4-8)15-11(13)9(5-12)10(14-15)6-16-2/h7-8H,3-6H2,1-2H3. The average molecular weight is 263 g/mol. The fourth-order valence-electron chi connectivity index (χ4n) is 1.92. The maximum Gasteiger partial charge on any atom is 0.132 e. The zero-order valence-electron chi connectivity index (χ0n) is 9.54. The number of alkyl halides is 1. The molecule has 1 saturated carbocycles. The number of nitrogens with zero attached hydrogens (tertiary/aromatic N) is 2. The van der Waals surface area contributed by atoms with Crippen LogP contribution in [0.2, 0.25) is 5.15 Å². The van der Waals surface area contributed by atoms with Crippen molar-refractivity contribution in [3.8, 4) is 0 Å². The molecule has 0 amide bonds. The van der Waals surface area contributed by atoms with Crippen molar-refractivity contribution in [3.63, 3.8) is 0 Å². The Kier molecular flexibility index (Phi) is 3.77. The largest absolute Gasteiger partial charge is 0.378 e. The van der Waals surface area contributed by atoms with Gasteiger partial charge in [0.25, 0.3) is 0 Å². The van der Waals surface area contributed by atoms with Gasteiger partial charge in [-0.15, -0.1) is 11.6 Å². The Balaban J connectivity index is 2.30. The van der Waals surface area contributed by atoms with Crippen molar-refractivity contribution in [2.24, 2.45) is 5.92 Å². The third kappa shape index (κ3) is 2.22. The van der Waals surface area contributed by atoms with Gasteiger partial charge < -0.3 is 4.74 Å². The lowest BCUT2D eigenvalue weighted by Gasteiger charge is -2.11. The van der Waals surface area contributed by atoms with Crippen LogP contribution >= 0.6 is 23.2 Å². The molecule has 1 aromatic rings. The van der Waals surface area contributed by atoms with Crippen LogP contribution in [0.25, 0.3) is 0 Å². The van der Waals surface area contributed by atoms with Crippen LogP contribution < -0.4 is 0 Å². The fourth-order valence-corrected chi connectivity index (χ4v) is 2.64. The molecule has 0 aliphatic heterocycles. The minimum atomic E-state index is 0.361. The van der Waals surface area contributed by atoms with Crippen molar-refractivity contribution < 1.29 is 4.74 Å². The number of ether oxygens (including phenoxy) is 1. The van der Waals surface area contributed by atoms with E-state index in [2.05, 4.69) is 12.0 Å². The summed E-state index contributed by atoms with van der Waals surface area (Å²) in [4.78, 5) is 0. The van der Waals surface area contributed by atoms with Gasteiger partial charge in [-0.05, 0) is 25.7 Å². The van der Waals surface area contributed by atoms with Crippen LogP contribution in [0.4, 0.5) is 0 Å². The number of aromatic nitrogens is 2. The molecule has 0 bridgehead atoms. The predicted molar refractivity (Wildman–Crippen MR) is 64.9 cm³/mol. The minimum absolute atomic E-state index is 0.361. The first-order chi connectivity index (χ1) is 7.69. The molecule has 1 aromatic heterocycles. The molecule has 1 atom stereocenters. The first kappa shape index (κ1) is 12.2. The smallest absolute Gasteiger partial charge is 0.132 e. The van der Waals surface area contributed by atoms with Crippen molar-refractivity contribution in [1.29, 1.82) is 0 Å². The molecule has 1 heterocycles. The maximum absolute atomic E-state index is 6.29. The summed E-state index contributed by atoms with van der Waals surface area (Å²) in [5.41, 5.74) is 1.76. The zero-order valence-corrected chi connectivity index (χ0v) is 11.1. The molecule has 2 rings (SSSR count). The van der Waals surface area contributed by atoms with Crippen molar-refractivity contribution in [3.05, 3.63) is 16.4 Å². The van der Waals surface area contributed by atoms with Gasteiger partial charge in [-0.1, -0.05) is 11.6 Å². The molecule has 3 nitrogen and oxygen atoms in total. The summed E-state index contributed by atoms with van der Waals surface area (Å²) in [5.74, 6) is 1.10. The van der Waals surface area contributed by atoms with Crippen LogP contribution in [0.5, 0.6) is 0 Å². The summed E-state index contributed by atoms with van der Waals surface area (Å²) in [6, 6.07) is 0.361. The summed E-state index contributed by atoms with van der Waals surface area (Å²) in [5, 5.41) is 5.17. The molecule has 0 aromatic carbocycles. The van der Waals surface area contributed by atoms with E-state index in [-0.39, 0.29) is 0 Å². The van der Waals surface area contributed by atoms with E-state index < -0.39 is 0 Å². The van der Waals surface area contributed by atoms with E-state index in [4.69, 9.17) is 27.9 Å². The molecule has 1 aliphatic rings. The average Bonchev–Trinajstić information content (AvgIpc) is 3.05. The Morgan fingerprint density at radius 2 is 2.25 bits per heavy atom. The number of halogens is 2. The van der Waals surface area contributed by atoms with Crippen molar-refractivity contribution in [2.75, 3.05) is 7.11 Å². The van der Waals surface area contributed by atoms with E-state index in [1.54, 1.807) is 7.11 Å². The molecule has 1 fully saturated rings. The molecule has 1 aliphatic carbocycles. The number of hydrogen-bond donors (Lipinski definition) is 0. The quantitative estimate of drug-likeness (QED) is 0.761. The van der Waals surface area contributed by atoms with Crippen molar-refractivity contribution in [2.45, 2.75) is 38.3 Å². The van der Waals surface area contributed by atoms with Crippen LogP contribution in [0.15, 0.2) is 0 Å². The Bertz CT molecular complexity index is 374. The maximum atomic E-state index is 6.29. The van der Waals surface area contributed by atoms with Gasteiger partial charge in [0.15, 0.2) is 0 Å². The normalized spacial score (nSPS) is 17.8. The van der Waals surface area contributed by atoms with Crippen molar-refractivity contribution in [1.82, 2.24) is 9.78 Å². The van der Waals surface area contributed by atoms with Gasteiger partial charge in [0.05, 0.1) is 24.2 Å². The molecule has 1 unspecified atom stereocenters. The van der Waals surface area contributed by atoms with Gasteiger partial charge in [0.2, 0.25) is 0 Å². The van der Waals surface area contributed by atoms with Crippen molar-refractivity contribution >= 4 is 23.2 Å². The highest BCUT2D eigenvalue weighted by Gasteiger charge is 2.32. The van der Waals surface area contributed by atoms with Crippen LogP contribution in [0, 0.1) is 5.92 Å². The monoisotopic (exact) mass is 262 g/mol. The molecular formula is C11H16Cl2N2O. The SMILES string of the molecule is COCc1nn(C(C)C2CC2)c(Cl)c1CCl. The molecule has 0 saturated heterocycles. The zero-order chi connectivity index (χ0) is 11.7. The summed E-state index contributed by atoms with van der Waals surface area (Å²) < 4.78 is 7.00. The Hall–Kier alpha value is -0.250. The second kappa shape index (κ2) is 4.94. The van der Waals surface area contributed by atoms with E-state index >= 15 is 0 Å². The summed E-state index contributed by atoms with van der Waals surface area (Å²) >= 11 is 12.2. The molecular weight excluding hydrogens is 247 g/mol. The number of methoxy groups -OCH3 is 1. The molecule has 0 radical (unpaired) electrons. The summed E-state index contributed by atoms with van der Waals surface area (Å²) in [7, 11) is 1.65. The second-order valence-corrected chi connectivity index (χ2v) is 4.93. The highest BCUT2D eigenvalue weighted by Crippen LogP contribution is 2.41. The third-order valence-corrected chi connectivity index (χ3v) is 3.80. The van der Waals surface area contributed by atoms with Gasteiger partial charge in [-0.25, -0.2) is 0 Å². The molecule has 0 N–H and O–H groups in total. The van der Waals surface area contributed by atoms with Gasteiger partial charge in [-0.2, -0.15) is 5.10 Å². The third-order valence-electron chi connectivity index (χ3n) is 3.13. The molecule has 0 spiro atoms. The highest BCUT2D eigenvalue weighted by molar-refractivity contribution is 6.31. The van der Waals surface area contributed by atoms with E-state index in [0.29, 0.717) is 23.7 Å². The van der Waals surface area contributed by atoms with Crippen LogP contribution in [-0.2, 0) is 17.2 Å². The van der Waals surface area contributed by atoms with Gasteiger partial charge in [0.1, 0.15) is 5.15 Å². The number of hydrogen-bond acceptors (Lipinski definition) is 2. The first-order valence-corrected chi connectivity index (χ1v) is 6.41. The summed E-state index contributed by atoms with van der Waals surface area (Å²) in [6.45, 7) is 2.62. The Morgan fingerprint density at radius 3 is 2.75 bits per heavy atom. The van der Waals surface area contributed by atoms with Gasteiger partial charge >= 0.3 is 0 Å². The number of rotatable bonds is 5. The van der Waals surface area contributed by atoms with E-state index in [9.17, 15) is 0 Å². The predicted octanol–water partition coefficient (Wildman–Crippen LogP) is 3.39. The summed E-state index contributed by atoms with van der Waals surface area (Å²) in [6.07, 6.45) is 2.54. The van der Waals surface area contributed by atoms with E-state index in [1.165, 1.54) is 12.8 Å². The molecule has 90 valence electrons. The Labute approximate surface area is 106 Å². The van der Waals surface area contributed by atoms with Gasteiger partial charge in [0, 0.05) is 12.7 Å². The van der Waals surface area contributed by atoms with Crippen LogP contribution in [0.1, 0.15) is 37.1 Å². The first-order valence-electron chi connectivity index (χ1n) is 5.49. The molecule has 16 heavy (non-hydrogen) atoms. The lowest BCUT2D eigenvalue weighted by atomic mass is 10.2. The van der Waals surface area contributed by atoms with E-state index in [0.717, 1.165) is 17.2 Å². The second-order valence-electron chi connectivity index (χ2n) is 4.31. The minimum Gasteiger partial charge on any atom is -0.378 e. The highest BCUT2D eigenvalue weighted by atomic mass is 35.5. The topological polar surface area (TPSA) is 27.1 Å². The van der Waals surface area contributed by atoms with Gasteiger partial charge in [-0.3, -0.25) is 4.68 Å². The molecule has 5 heteroatoms. The van der Waals surface area contributed by atoms with E-state index in [1.807, 2.05) is 4.68 Å². The fraction of sp³-hybridized carbons (Fsp3) is 0.727.